The van der Waals surface area contributed by atoms with Crippen molar-refractivity contribution in [2.24, 2.45) is 11.1 Å². The summed E-state index contributed by atoms with van der Waals surface area (Å²) in [5.74, 6) is -0.889. The molecule has 0 aliphatic carbocycles. The topological polar surface area (TPSA) is 70.8 Å². The molecule has 1 aromatic rings. The lowest BCUT2D eigenvalue weighted by Gasteiger charge is -2.30. The SMILES string of the molecule is COC(=O)C(C)(C)[C@@H](N)c1ccc(OC(F)(F)F)cc1OC. The van der Waals surface area contributed by atoms with E-state index in [1.54, 1.807) is 13.8 Å². The molecule has 0 unspecified atom stereocenters. The maximum Gasteiger partial charge on any atom is 0.573 e. The third kappa shape index (κ3) is 4.03. The molecule has 0 heterocycles. The van der Waals surface area contributed by atoms with Gasteiger partial charge in [-0.25, -0.2) is 0 Å². The van der Waals surface area contributed by atoms with Gasteiger partial charge in [-0.2, -0.15) is 0 Å². The Morgan fingerprint density at radius 1 is 1.23 bits per heavy atom. The van der Waals surface area contributed by atoms with E-state index in [9.17, 15) is 18.0 Å². The van der Waals surface area contributed by atoms with Crippen molar-refractivity contribution in [1.82, 2.24) is 0 Å². The Morgan fingerprint density at radius 3 is 2.27 bits per heavy atom. The number of hydrogen-bond donors (Lipinski definition) is 1. The fraction of sp³-hybridized carbons (Fsp3) is 0.500. The van der Waals surface area contributed by atoms with Gasteiger partial charge in [0.15, 0.2) is 0 Å². The summed E-state index contributed by atoms with van der Waals surface area (Å²) in [6, 6.07) is 2.67. The first kappa shape index (κ1) is 18.1. The zero-order valence-electron chi connectivity index (χ0n) is 12.7. The number of hydrogen-bond acceptors (Lipinski definition) is 5. The normalized spacial score (nSPS) is 13.5. The first-order valence-electron chi connectivity index (χ1n) is 6.30. The highest BCUT2D eigenvalue weighted by molar-refractivity contribution is 5.77. The number of methoxy groups -OCH3 is 2. The molecule has 0 bridgehead atoms. The first-order valence-corrected chi connectivity index (χ1v) is 6.30. The van der Waals surface area contributed by atoms with E-state index in [2.05, 4.69) is 9.47 Å². The zero-order valence-corrected chi connectivity index (χ0v) is 12.7. The number of halogens is 3. The molecular weight excluding hydrogens is 303 g/mol. The molecule has 0 fully saturated rings. The van der Waals surface area contributed by atoms with Gasteiger partial charge in [-0.05, 0) is 19.9 Å². The second-order valence-electron chi connectivity index (χ2n) is 5.14. The van der Waals surface area contributed by atoms with Crippen molar-refractivity contribution < 1.29 is 32.2 Å². The van der Waals surface area contributed by atoms with Crippen molar-refractivity contribution in [1.29, 1.82) is 0 Å². The van der Waals surface area contributed by atoms with Crippen molar-refractivity contribution in [3.63, 3.8) is 0 Å². The van der Waals surface area contributed by atoms with E-state index < -0.39 is 29.5 Å². The highest BCUT2D eigenvalue weighted by Crippen LogP contribution is 2.39. The number of carbonyl (C=O) groups excluding carboxylic acids is 1. The number of benzene rings is 1. The van der Waals surface area contributed by atoms with E-state index in [4.69, 9.17) is 10.5 Å². The molecule has 124 valence electrons. The smallest absolute Gasteiger partial charge is 0.496 e. The summed E-state index contributed by atoms with van der Waals surface area (Å²) < 4.78 is 50.2. The number of nitrogens with two attached hydrogens (primary N) is 1. The molecule has 0 aromatic heterocycles. The lowest BCUT2D eigenvalue weighted by Crippen LogP contribution is -2.37. The Hall–Kier alpha value is -1.96. The molecule has 5 nitrogen and oxygen atoms in total. The van der Waals surface area contributed by atoms with E-state index >= 15 is 0 Å². The molecule has 1 rings (SSSR count). The molecule has 0 amide bonds. The maximum atomic E-state index is 12.2. The summed E-state index contributed by atoms with van der Waals surface area (Å²) in [7, 11) is 2.52. The maximum absolute atomic E-state index is 12.2. The molecular formula is C14H18F3NO4. The van der Waals surface area contributed by atoms with Gasteiger partial charge in [0, 0.05) is 17.7 Å². The van der Waals surface area contributed by atoms with Crippen LogP contribution in [0.4, 0.5) is 13.2 Å². The van der Waals surface area contributed by atoms with Gasteiger partial charge in [-0.15, -0.1) is 13.2 Å². The van der Waals surface area contributed by atoms with Gasteiger partial charge in [0.25, 0.3) is 0 Å². The Balaban J connectivity index is 3.17. The molecule has 8 heteroatoms. The summed E-state index contributed by atoms with van der Waals surface area (Å²) in [6.07, 6.45) is -4.81. The fourth-order valence-electron chi connectivity index (χ4n) is 1.92. The third-order valence-electron chi connectivity index (χ3n) is 3.26. The molecule has 0 saturated heterocycles. The Morgan fingerprint density at radius 2 is 1.82 bits per heavy atom. The van der Waals surface area contributed by atoms with Gasteiger partial charge in [0.05, 0.1) is 19.6 Å². The van der Waals surface area contributed by atoms with Crippen LogP contribution in [-0.4, -0.2) is 26.6 Å². The molecule has 0 aliphatic heterocycles. The lowest BCUT2D eigenvalue weighted by molar-refractivity contribution is -0.274. The van der Waals surface area contributed by atoms with Gasteiger partial charge in [0.1, 0.15) is 11.5 Å². The van der Waals surface area contributed by atoms with Gasteiger partial charge in [-0.1, -0.05) is 6.07 Å². The van der Waals surface area contributed by atoms with E-state index in [-0.39, 0.29) is 5.75 Å². The average Bonchev–Trinajstić information content (AvgIpc) is 2.43. The van der Waals surface area contributed by atoms with Crippen molar-refractivity contribution in [2.45, 2.75) is 26.3 Å². The fourth-order valence-corrected chi connectivity index (χ4v) is 1.92. The van der Waals surface area contributed by atoms with Crippen molar-refractivity contribution in [3.8, 4) is 11.5 Å². The predicted molar refractivity (Wildman–Crippen MR) is 72.4 cm³/mol. The number of alkyl halides is 3. The molecule has 2 N–H and O–H groups in total. The van der Waals surface area contributed by atoms with E-state index in [0.29, 0.717) is 5.56 Å². The highest BCUT2D eigenvalue weighted by Gasteiger charge is 2.38. The van der Waals surface area contributed by atoms with Crippen LogP contribution in [0.1, 0.15) is 25.5 Å². The summed E-state index contributed by atoms with van der Waals surface area (Å²) in [5, 5.41) is 0. The Kier molecular flexibility index (Phi) is 5.29. The first-order chi connectivity index (χ1) is 10.0. The van der Waals surface area contributed by atoms with Crippen LogP contribution in [0.5, 0.6) is 11.5 Å². The molecule has 1 aromatic carbocycles. The average molecular weight is 321 g/mol. The van der Waals surface area contributed by atoms with Gasteiger partial charge in [0.2, 0.25) is 0 Å². The highest BCUT2D eigenvalue weighted by atomic mass is 19.4. The van der Waals surface area contributed by atoms with Gasteiger partial charge < -0.3 is 19.9 Å². The van der Waals surface area contributed by atoms with Crippen molar-refractivity contribution >= 4 is 5.97 Å². The minimum atomic E-state index is -4.81. The third-order valence-corrected chi connectivity index (χ3v) is 3.26. The number of ether oxygens (including phenoxy) is 3. The quantitative estimate of drug-likeness (QED) is 0.845. The number of rotatable bonds is 5. The van der Waals surface area contributed by atoms with Crippen molar-refractivity contribution in [2.75, 3.05) is 14.2 Å². The van der Waals surface area contributed by atoms with Crippen LogP contribution in [0, 0.1) is 5.41 Å². The predicted octanol–water partition coefficient (Wildman–Crippen LogP) is 2.79. The van der Waals surface area contributed by atoms with E-state index in [1.165, 1.54) is 20.3 Å². The number of esters is 1. The van der Waals surface area contributed by atoms with Gasteiger partial charge in [-0.3, -0.25) is 4.79 Å². The second-order valence-corrected chi connectivity index (χ2v) is 5.14. The van der Waals surface area contributed by atoms with Crippen LogP contribution in [0.15, 0.2) is 18.2 Å². The van der Waals surface area contributed by atoms with Crippen LogP contribution in [0.3, 0.4) is 0 Å². The summed E-state index contributed by atoms with van der Waals surface area (Å²) in [6.45, 7) is 3.14. The van der Waals surface area contributed by atoms with Crippen LogP contribution in [0.25, 0.3) is 0 Å². The minimum absolute atomic E-state index is 0.0891. The minimum Gasteiger partial charge on any atom is -0.496 e. The van der Waals surface area contributed by atoms with Crippen LogP contribution < -0.4 is 15.2 Å². The molecule has 0 spiro atoms. The molecule has 0 radical (unpaired) electrons. The Labute approximate surface area is 126 Å². The van der Waals surface area contributed by atoms with Crippen molar-refractivity contribution in [3.05, 3.63) is 23.8 Å². The van der Waals surface area contributed by atoms with E-state index in [0.717, 1.165) is 12.1 Å². The second kappa shape index (κ2) is 6.43. The Bertz CT molecular complexity index is 543. The molecule has 0 aliphatic rings. The lowest BCUT2D eigenvalue weighted by atomic mass is 9.80. The summed E-state index contributed by atoms with van der Waals surface area (Å²) in [4.78, 5) is 11.8. The largest absolute Gasteiger partial charge is 0.573 e. The van der Waals surface area contributed by atoms with Gasteiger partial charge >= 0.3 is 12.3 Å². The summed E-state index contributed by atoms with van der Waals surface area (Å²) in [5.41, 5.74) is 5.34. The molecule has 1 atom stereocenters. The van der Waals surface area contributed by atoms with E-state index in [1.807, 2.05) is 0 Å². The van der Waals surface area contributed by atoms with Crippen LogP contribution >= 0.6 is 0 Å². The van der Waals surface area contributed by atoms with Crippen LogP contribution in [-0.2, 0) is 9.53 Å². The summed E-state index contributed by atoms with van der Waals surface area (Å²) >= 11 is 0. The standard InChI is InChI=1S/C14H18F3NO4/c1-13(2,12(19)21-4)11(18)9-6-5-8(7-10(9)20-3)22-14(15,16)17/h5-7,11H,18H2,1-4H3/t11-/m0/s1. The zero-order chi connectivity index (χ0) is 17.1. The monoisotopic (exact) mass is 321 g/mol. The number of carbonyl (C=O) groups is 1. The molecule has 0 saturated carbocycles. The van der Waals surface area contributed by atoms with Crippen LogP contribution in [0.2, 0.25) is 0 Å². The molecule has 22 heavy (non-hydrogen) atoms.